The molecule has 0 saturated heterocycles. The molecule has 88 valence electrons. The van der Waals surface area contributed by atoms with Crippen LogP contribution >= 0.6 is 0 Å². The van der Waals surface area contributed by atoms with E-state index in [1.165, 1.54) is 11.1 Å². The monoisotopic (exact) mass is 227 g/mol. The van der Waals surface area contributed by atoms with E-state index in [1.54, 1.807) is 12.1 Å². The van der Waals surface area contributed by atoms with E-state index < -0.39 is 0 Å². The zero-order valence-corrected chi connectivity index (χ0v) is 9.76. The number of phenols is 1. The van der Waals surface area contributed by atoms with Gasteiger partial charge in [0.2, 0.25) is 0 Å². The molecule has 0 atom stereocenters. The Hall–Kier alpha value is -1.80. The minimum absolute atomic E-state index is 0.318. The van der Waals surface area contributed by atoms with Crippen LogP contribution < -0.4 is 5.32 Å². The highest BCUT2D eigenvalue weighted by molar-refractivity contribution is 5.25. The van der Waals surface area contributed by atoms with Gasteiger partial charge in [0.05, 0.1) is 0 Å². The second-order valence-electron chi connectivity index (χ2n) is 4.08. The number of nitrogens with one attached hydrogen (secondary N) is 1. The van der Waals surface area contributed by atoms with Crippen molar-refractivity contribution in [3.63, 3.8) is 0 Å². The Balaban J connectivity index is 1.71. The summed E-state index contributed by atoms with van der Waals surface area (Å²) in [5.41, 5.74) is 2.54. The van der Waals surface area contributed by atoms with Gasteiger partial charge in [0.25, 0.3) is 0 Å². The molecule has 0 radical (unpaired) electrons. The largest absolute Gasteiger partial charge is 0.508 e. The van der Waals surface area contributed by atoms with Gasteiger partial charge in [-0.3, -0.25) is 0 Å². The van der Waals surface area contributed by atoms with Gasteiger partial charge in [0, 0.05) is 6.54 Å². The summed E-state index contributed by atoms with van der Waals surface area (Å²) in [5, 5.41) is 12.5. The predicted molar refractivity (Wildman–Crippen MR) is 70.0 cm³/mol. The molecule has 17 heavy (non-hydrogen) atoms. The van der Waals surface area contributed by atoms with Crippen LogP contribution in [0.1, 0.15) is 11.1 Å². The molecule has 0 unspecified atom stereocenters. The normalized spacial score (nSPS) is 10.4. The third kappa shape index (κ3) is 3.93. The van der Waals surface area contributed by atoms with E-state index in [1.807, 2.05) is 18.2 Å². The standard InChI is InChI=1S/C15H17NO/c17-15-8-6-14(7-9-15)12-16-11-10-13-4-2-1-3-5-13/h1-9,16-17H,10-12H2. The van der Waals surface area contributed by atoms with Gasteiger partial charge in [0.15, 0.2) is 0 Å². The van der Waals surface area contributed by atoms with E-state index in [4.69, 9.17) is 5.11 Å². The third-order valence-corrected chi connectivity index (χ3v) is 2.70. The van der Waals surface area contributed by atoms with Crippen LogP contribution in [-0.4, -0.2) is 11.7 Å². The molecule has 2 nitrogen and oxygen atoms in total. The van der Waals surface area contributed by atoms with E-state index in [-0.39, 0.29) is 0 Å². The lowest BCUT2D eigenvalue weighted by Crippen LogP contribution is -2.16. The van der Waals surface area contributed by atoms with Crippen molar-refractivity contribution in [2.45, 2.75) is 13.0 Å². The van der Waals surface area contributed by atoms with E-state index in [0.29, 0.717) is 5.75 Å². The molecule has 2 N–H and O–H groups in total. The molecular formula is C15H17NO. The summed E-state index contributed by atoms with van der Waals surface area (Å²) in [6.45, 7) is 1.80. The topological polar surface area (TPSA) is 32.3 Å². The van der Waals surface area contributed by atoms with Crippen molar-refractivity contribution in [1.82, 2.24) is 5.32 Å². The summed E-state index contributed by atoms with van der Waals surface area (Å²) in [6, 6.07) is 17.8. The van der Waals surface area contributed by atoms with E-state index >= 15 is 0 Å². The molecule has 0 fully saturated rings. The zero-order chi connectivity index (χ0) is 11.9. The molecule has 0 bridgehead atoms. The van der Waals surface area contributed by atoms with Gasteiger partial charge in [-0.25, -0.2) is 0 Å². The molecule has 0 aromatic heterocycles. The minimum Gasteiger partial charge on any atom is -0.508 e. The summed E-state index contributed by atoms with van der Waals surface area (Å²) in [5.74, 6) is 0.318. The van der Waals surface area contributed by atoms with Gasteiger partial charge in [-0.05, 0) is 36.2 Å². The molecule has 0 aliphatic carbocycles. The zero-order valence-electron chi connectivity index (χ0n) is 9.76. The van der Waals surface area contributed by atoms with E-state index in [9.17, 15) is 0 Å². The van der Waals surface area contributed by atoms with E-state index in [0.717, 1.165) is 19.5 Å². The van der Waals surface area contributed by atoms with Crippen LogP contribution in [0.15, 0.2) is 54.6 Å². The molecule has 2 heteroatoms. The summed E-state index contributed by atoms with van der Waals surface area (Å²) in [4.78, 5) is 0. The molecule has 0 heterocycles. The highest BCUT2D eigenvalue weighted by Gasteiger charge is 1.94. The van der Waals surface area contributed by atoms with Gasteiger partial charge < -0.3 is 10.4 Å². The Kier molecular flexibility index (Phi) is 4.17. The molecule has 0 saturated carbocycles. The fourth-order valence-electron chi connectivity index (χ4n) is 1.72. The first-order valence-electron chi connectivity index (χ1n) is 5.87. The maximum Gasteiger partial charge on any atom is 0.115 e. The van der Waals surface area contributed by atoms with Gasteiger partial charge in [-0.1, -0.05) is 42.5 Å². The SMILES string of the molecule is Oc1ccc(CNCCc2ccccc2)cc1. The Morgan fingerprint density at radius 2 is 1.53 bits per heavy atom. The van der Waals surface area contributed by atoms with E-state index in [2.05, 4.69) is 29.6 Å². The smallest absolute Gasteiger partial charge is 0.115 e. The Labute approximate surface area is 102 Å². The maximum absolute atomic E-state index is 9.16. The summed E-state index contributed by atoms with van der Waals surface area (Å²) >= 11 is 0. The fraction of sp³-hybridized carbons (Fsp3) is 0.200. The van der Waals surface area contributed by atoms with Gasteiger partial charge in [-0.2, -0.15) is 0 Å². The Morgan fingerprint density at radius 3 is 2.24 bits per heavy atom. The van der Waals surface area contributed by atoms with Crippen LogP contribution in [0.5, 0.6) is 5.75 Å². The van der Waals surface area contributed by atoms with Crippen LogP contribution in [0.2, 0.25) is 0 Å². The fourth-order valence-corrected chi connectivity index (χ4v) is 1.72. The summed E-state index contributed by atoms with van der Waals surface area (Å²) in [6.07, 6.45) is 1.04. The van der Waals surface area contributed by atoms with Crippen molar-refractivity contribution < 1.29 is 5.11 Å². The molecule has 0 aliphatic rings. The third-order valence-electron chi connectivity index (χ3n) is 2.70. The maximum atomic E-state index is 9.16. The first-order valence-corrected chi connectivity index (χ1v) is 5.87. The van der Waals surface area contributed by atoms with Crippen molar-refractivity contribution in [1.29, 1.82) is 0 Å². The lowest BCUT2D eigenvalue weighted by molar-refractivity contribution is 0.475. The first-order chi connectivity index (χ1) is 8.34. The number of rotatable bonds is 5. The van der Waals surface area contributed by atoms with Crippen molar-refractivity contribution in [2.75, 3.05) is 6.54 Å². The summed E-state index contributed by atoms with van der Waals surface area (Å²) in [7, 11) is 0. The quantitative estimate of drug-likeness (QED) is 0.770. The molecular weight excluding hydrogens is 210 g/mol. The number of benzene rings is 2. The number of phenolic OH excluding ortho intramolecular Hbond substituents is 1. The molecule has 2 aromatic carbocycles. The van der Waals surface area contributed by atoms with Gasteiger partial charge >= 0.3 is 0 Å². The second kappa shape index (κ2) is 6.06. The molecule has 2 rings (SSSR count). The molecule has 2 aromatic rings. The molecule has 0 spiro atoms. The number of aromatic hydroxyl groups is 1. The van der Waals surface area contributed by atoms with Crippen molar-refractivity contribution in [3.8, 4) is 5.75 Å². The number of hydrogen-bond donors (Lipinski definition) is 2. The van der Waals surface area contributed by atoms with Crippen molar-refractivity contribution in [3.05, 3.63) is 65.7 Å². The van der Waals surface area contributed by atoms with Gasteiger partial charge in [-0.15, -0.1) is 0 Å². The molecule has 0 aliphatic heterocycles. The van der Waals surface area contributed by atoms with Crippen LogP contribution in [0.3, 0.4) is 0 Å². The van der Waals surface area contributed by atoms with Crippen molar-refractivity contribution >= 4 is 0 Å². The average molecular weight is 227 g/mol. The first kappa shape index (κ1) is 11.7. The second-order valence-corrected chi connectivity index (χ2v) is 4.08. The van der Waals surface area contributed by atoms with Crippen LogP contribution in [0.4, 0.5) is 0 Å². The van der Waals surface area contributed by atoms with Crippen LogP contribution in [0, 0.1) is 0 Å². The van der Waals surface area contributed by atoms with Crippen LogP contribution in [0.25, 0.3) is 0 Å². The minimum atomic E-state index is 0.318. The molecule has 0 amide bonds. The number of hydrogen-bond acceptors (Lipinski definition) is 2. The highest BCUT2D eigenvalue weighted by atomic mass is 16.3. The Morgan fingerprint density at radius 1 is 0.824 bits per heavy atom. The highest BCUT2D eigenvalue weighted by Crippen LogP contribution is 2.09. The predicted octanol–water partition coefficient (Wildman–Crippen LogP) is 2.72. The average Bonchev–Trinajstić information content (AvgIpc) is 2.38. The lowest BCUT2D eigenvalue weighted by atomic mass is 10.1. The van der Waals surface area contributed by atoms with Gasteiger partial charge in [0.1, 0.15) is 5.75 Å². The van der Waals surface area contributed by atoms with Crippen LogP contribution in [-0.2, 0) is 13.0 Å². The van der Waals surface area contributed by atoms with Crippen molar-refractivity contribution in [2.24, 2.45) is 0 Å². The lowest BCUT2D eigenvalue weighted by Gasteiger charge is -2.05. The summed E-state index contributed by atoms with van der Waals surface area (Å²) < 4.78 is 0. The Bertz CT molecular complexity index is 436.